The molecule has 116 valence electrons. The van der Waals surface area contributed by atoms with E-state index in [9.17, 15) is 4.39 Å². The van der Waals surface area contributed by atoms with Gasteiger partial charge in [-0.2, -0.15) is 0 Å². The van der Waals surface area contributed by atoms with Crippen molar-refractivity contribution in [3.63, 3.8) is 0 Å². The van der Waals surface area contributed by atoms with E-state index in [1.165, 1.54) is 25.0 Å². The number of piperidine rings is 1. The van der Waals surface area contributed by atoms with E-state index in [-0.39, 0.29) is 5.82 Å². The third kappa shape index (κ3) is 5.98. The van der Waals surface area contributed by atoms with Crippen molar-refractivity contribution >= 4 is 0 Å². The van der Waals surface area contributed by atoms with Crippen LogP contribution in [-0.2, 0) is 11.3 Å². The molecule has 0 aromatic heterocycles. The van der Waals surface area contributed by atoms with Gasteiger partial charge in [0, 0.05) is 19.6 Å². The zero-order chi connectivity index (χ0) is 14.9. The maximum absolute atomic E-state index is 12.8. The van der Waals surface area contributed by atoms with Crippen molar-refractivity contribution < 1.29 is 9.13 Å². The Labute approximate surface area is 127 Å². The van der Waals surface area contributed by atoms with E-state index in [2.05, 4.69) is 24.0 Å². The molecule has 1 aliphatic heterocycles. The summed E-state index contributed by atoms with van der Waals surface area (Å²) in [5.74, 6) is -0.191. The van der Waals surface area contributed by atoms with Crippen LogP contribution in [0.1, 0.15) is 38.2 Å². The Hall–Kier alpha value is -1.19. The maximum atomic E-state index is 12.8. The normalized spacial score (nSPS) is 17.6. The molecular weight excluding hydrogens is 265 g/mol. The largest absolute Gasteiger partial charge is 0.373 e. The smallest absolute Gasteiger partial charge is 0.123 e. The van der Waals surface area contributed by atoms with Gasteiger partial charge in [0.2, 0.25) is 0 Å². The van der Waals surface area contributed by atoms with Crippen molar-refractivity contribution in [3.05, 3.63) is 47.8 Å². The molecule has 1 heterocycles. The summed E-state index contributed by atoms with van der Waals surface area (Å²) in [4.78, 5) is 2.48. The predicted molar refractivity (Wildman–Crippen MR) is 84.7 cm³/mol. The van der Waals surface area contributed by atoms with Gasteiger partial charge < -0.3 is 4.74 Å². The van der Waals surface area contributed by atoms with Crippen LogP contribution in [0.4, 0.5) is 4.39 Å². The van der Waals surface area contributed by atoms with E-state index in [0.717, 1.165) is 38.0 Å². The molecule has 0 aliphatic carbocycles. The minimum Gasteiger partial charge on any atom is -0.373 e. The zero-order valence-corrected chi connectivity index (χ0v) is 12.9. The highest BCUT2D eigenvalue weighted by molar-refractivity contribution is 5.15. The fourth-order valence-corrected chi connectivity index (χ4v) is 2.56. The lowest BCUT2D eigenvalue weighted by Gasteiger charge is -2.31. The van der Waals surface area contributed by atoms with Gasteiger partial charge in [-0.3, -0.25) is 4.90 Å². The summed E-state index contributed by atoms with van der Waals surface area (Å²) in [7, 11) is 0. The number of hydrogen-bond acceptors (Lipinski definition) is 2. The number of benzene rings is 1. The van der Waals surface area contributed by atoms with Crippen LogP contribution >= 0.6 is 0 Å². The van der Waals surface area contributed by atoms with E-state index in [4.69, 9.17) is 4.74 Å². The van der Waals surface area contributed by atoms with Gasteiger partial charge in [-0.1, -0.05) is 37.6 Å². The van der Waals surface area contributed by atoms with E-state index in [1.54, 1.807) is 12.1 Å². The first-order valence-corrected chi connectivity index (χ1v) is 8.01. The first-order valence-electron chi connectivity index (χ1n) is 8.01. The van der Waals surface area contributed by atoms with Crippen molar-refractivity contribution in [1.29, 1.82) is 0 Å². The molecule has 1 saturated heterocycles. The molecule has 0 radical (unpaired) electrons. The van der Waals surface area contributed by atoms with E-state index in [0.29, 0.717) is 12.7 Å². The molecule has 0 bridgehead atoms. The van der Waals surface area contributed by atoms with Gasteiger partial charge in [-0.25, -0.2) is 4.39 Å². The topological polar surface area (TPSA) is 12.5 Å². The van der Waals surface area contributed by atoms with Crippen LogP contribution < -0.4 is 0 Å². The monoisotopic (exact) mass is 291 g/mol. The van der Waals surface area contributed by atoms with Crippen LogP contribution in [0.25, 0.3) is 0 Å². The standard InChI is InChI=1S/C18H26FNO/c1-2-3-4-5-12-20-13-10-18(11-14-20)21-15-16-6-8-17(19)9-7-16/h4-9,18H,2-3,10-15H2,1H3. The molecule has 1 aromatic rings. The van der Waals surface area contributed by atoms with Crippen molar-refractivity contribution in [2.45, 2.75) is 45.3 Å². The lowest BCUT2D eigenvalue weighted by molar-refractivity contribution is -0.000388. The molecule has 0 spiro atoms. The van der Waals surface area contributed by atoms with Gasteiger partial charge >= 0.3 is 0 Å². The molecule has 1 aromatic carbocycles. The maximum Gasteiger partial charge on any atom is 0.123 e. The summed E-state index contributed by atoms with van der Waals surface area (Å²) >= 11 is 0. The van der Waals surface area contributed by atoms with Crippen molar-refractivity contribution in [2.75, 3.05) is 19.6 Å². The second-order valence-corrected chi connectivity index (χ2v) is 5.70. The zero-order valence-electron chi connectivity index (χ0n) is 12.9. The Morgan fingerprint density at radius 1 is 1.19 bits per heavy atom. The Morgan fingerprint density at radius 3 is 2.57 bits per heavy atom. The Balaban J connectivity index is 1.63. The third-order valence-corrected chi connectivity index (χ3v) is 3.92. The third-order valence-electron chi connectivity index (χ3n) is 3.92. The van der Waals surface area contributed by atoms with Gasteiger partial charge in [-0.15, -0.1) is 0 Å². The number of likely N-dealkylation sites (tertiary alicyclic amines) is 1. The molecule has 2 rings (SSSR count). The highest BCUT2D eigenvalue weighted by atomic mass is 19.1. The van der Waals surface area contributed by atoms with Crippen molar-refractivity contribution in [1.82, 2.24) is 4.90 Å². The second kappa shape index (κ2) is 8.96. The summed E-state index contributed by atoms with van der Waals surface area (Å²) in [6, 6.07) is 6.57. The van der Waals surface area contributed by atoms with Crippen LogP contribution in [-0.4, -0.2) is 30.6 Å². The lowest BCUT2D eigenvalue weighted by Crippen LogP contribution is -2.37. The molecule has 21 heavy (non-hydrogen) atoms. The van der Waals surface area contributed by atoms with Crippen LogP contribution in [0, 0.1) is 5.82 Å². The fourth-order valence-electron chi connectivity index (χ4n) is 2.56. The molecule has 0 N–H and O–H groups in total. The average Bonchev–Trinajstić information content (AvgIpc) is 2.52. The van der Waals surface area contributed by atoms with Crippen molar-refractivity contribution in [3.8, 4) is 0 Å². The molecule has 3 heteroatoms. The molecule has 0 saturated carbocycles. The van der Waals surface area contributed by atoms with Crippen LogP contribution in [0.5, 0.6) is 0 Å². The second-order valence-electron chi connectivity index (χ2n) is 5.70. The van der Waals surface area contributed by atoms with Gasteiger partial charge in [0.25, 0.3) is 0 Å². The highest BCUT2D eigenvalue weighted by Crippen LogP contribution is 2.16. The molecule has 1 fully saturated rings. The number of rotatable bonds is 7. The molecule has 2 nitrogen and oxygen atoms in total. The molecule has 0 unspecified atom stereocenters. The van der Waals surface area contributed by atoms with Gasteiger partial charge in [0.05, 0.1) is 12.7 Å². The first kappa shape index (κ1) is 16.2. The first-order chi connectivity index (χ1) is 10.3. The van der Waals surface area contributed by atoms with E-state index < -0.39 is 0 Å². The highest BCUT2D eigenvalue weighted by Gasteiger charge is 2.18. The summed E-state index contributed by atoms with van der Waals surface area (Å²) in [6.07, 6.45) is 9.46. The van der Waals surface area contributed by atoms with E-state index in [1.807, 2.05) is 0 Å². The number of unbranched alkanes of at least 4 members (excludes halogenated alkanes) is 1. The average molecular weight is 291 g/mol. The van der Waals surface area contributed by atoms with Crippen LogP contribution in [0.15, 0.2) is 36.4 Å². The minimum atomic E-state index is -0.191. The number of allylic oxidation sites excluding steroid dienone is 1. The van der Waals surface area contributed by atoms with E-state index >= 15 is 0 Å². The van der Waals surface area contributed by atoms with Gasteiger partial charge in [-0.05, 0) is 37.0 Å². The molecule has 0 amide bonds. The van der Waals surface area contributed by atoms with Crippen LogP contribution in [0.3, 0.4) is 0 Å². The quantitative estimate of drug-likeness (QED) is 0.699. The summed E-state index contributed by atoms with van der Waals surface area (Å²) < 4.78 is 18.8. The molecule has 1 aliphatic rings. The minimum absolute atomic E-state index is 0.191. The Bertz CT molecular complexity index is 421. The summed E-state index contributed by atoms with van der Waals surface area (Å²) in [5, 5.41) is 0. The number of nitrogens with zero attached hydrogens (tertiary/aromatic N) is 1. The molecule has 0 atom stereocenters. The number of halogens is 1. The SMILES string of the molecule is CCCC=CCN1CCC(OCc2ccc(F)cc2)CC1. The number of ether oxygens (including phenoxy) is 1. The molecular formula is C18H26FNO. The Morgan fingerprint density at radius 2 is 1.90 bits per heavy atom. The van der Waals surface area contributed by atoms with Gasteiger partial charge in [0.1, 0.15) is 5.82 Å². The van der Waals surface area contributed by atoms with Crippen LogP contribution in [0.2, 0.25) is 0 Å². The predicted octanol–water partition coefficient (Wildman–Crippen LogP) is 4.16. The van der Waals surface area contributed by atoms with Crippen molar-refractivity contribution in [2.24, 2.45) is 0 Å². The fraction of sp³-hybridized carbons (Fsp3) is 0.556. The van der Waals surface area contributed by atoms with Gasteiger partial charge in [0.15, 0.2) is 0 Å². The summed E-state index contributed by atoms with van der Waals surface area (Å²) in [5.41, 5.74) is 1.04. The number of hydrogen-bond donors (Lipinski definition) is 0. The Kier molecular flexibility index (Phi) is 6.90. The lowest BCUT2D eigenvalue weighted by atomic mass is 10.1. The summed E-state index contributed by atoms with van der Waals surface area (Å²) in [6.45, 7) is 6.05.